The van der Waals surface area contributed by atoms with Crippen LogP contribution in [0, 0.1) is 0 Å². The van der Waals surface area contributed by atoms with Crippen LogP contribution in [0.2, 0.25) is 0 Å². The summed E-state index contributed by atoms with van der Waals surface area (Å²) in [4.78, 5) is 25.2. The number of amides is 1. The quantitative estimate of drug-likeness (QED) is 0.909. The van der Waals surface area contributed by atoms with Crippen molar-refractivity contribution in [2.24, 2.45) is 0 Å². The number of hydrogen-bond donors (Lipinski definition) is 1. The highest BCUT2D eigenvalue weighted by atomic mass is 32.1. The molecule has 0 unspecified atom stereocenters. The van der Waals surface area contributed by atoms with Crippen molar-refractivity contribution in [3.8, 4) is 0 Å². The van der Waals surface area contributed by atoms with Gasteiger partial charge in [-0.05, 0) is 22.7 Å². The number of hydrogen-bond acceptors (Lipinski definition) is 4. The molecule has 0 bridgehead atoms. The summed E-state index contributed by atoms with van der Waals surface area (Å²) in [6.07, 6.45) is 1.23. The number of aromatic carboxylic acids is 1. The third kappa shape index (κ3) is 2.00. The lowest BCUT2D eigenvalue weighted by Crippen LogP contribution is -2.25. The third-order valence-corrected chi connectivity index (χ3v) is 3.91. The second-order valence-electron chi connectivity index (χ2n) is 4.30. The summed E-state index contributed by atoms with van der Waals surface area (Å²) in [7, 11) is 0. The summed E-state index contributed by atoms with van der Waals surface area (Å²) < 4.78 is 3.80. The van der Waals surface area contributed by atoms with Crippen LogP contribution in [-0.2, 0) is 13.1 Å². The largest absolute Gasteiger partial charge is 0.478 e. The molecule has 0 radical (unpaired) electrons. The van der Waals surface area contributed by atoms with E-state index in [-0.39, 0.29) is 16.3 Å². The molecule has 19 heavy (non-hydrogen) atoms. The van der Waals surface area contributed by atoms with Crippen LogP contribution in [0.15, 0.2) is 30.5 Å². The van der Waals surface area contributed by atoms with Gasteiger partial charge < -0.3 is 10.0 Å². The maximum atomic E-state index is 12.3. The number of rotatable bonds is 2. The van der Waals surface area contributed by atoms with Gasteiger partial charge in [0.1, 0.15) is 10.4 Å². The van der Waals surface area contributed by atoms with Crippen molar-refractivity contribution in [1.82, 2.24) is 9.27 Å². The Morgan fingerprint density at radius 3 is 2.42 bits per heavy atom. The fourth-order valence-electron chi connectivity index (χ4n) is 2.17. The number of carbonyl (C=O) groups excluding carboxylic acids is 1. The molecule has 0 aliphatic carbocycles. The summed E-state index contributed by atoms with van der Waals surface area (Å²) in [5, 5.41) is 9.02. The molecular formula is C13H10N2O3S. The summed E-state index contributed by atoms with van der Waals surface area (Å²) in [6, 6.07) is 7.82. The Hall–Kier alpha value is -2.21. The second-order valence-corrected chi connectivity index (χ2v) is 5.11. The zero-order valence-electron chi connectivity index (χ0n) is 9.87. The van der Waals surface area contributed by atoms with Crippen LogP contribution in [0.25, 0.3) is 0 Å². The summed E-state index contributed by atoms with van der Waals surface area (Å²) in [5.41, 5.74) is 2.19. The molecule has 1 amide bonds. The van der Waals surface area contributed by atoms with E-state index in [0.717, 1.165) is 22.7 Å². The molecule has 96 valence electrons. The highest BCUT2D eigenvalue weighted by Gasteiger charge is 2.28. The molecule has 5 nitrogen and oxygen atoms in total. The van der Waals surface area contributed by atoms with E-state index in [4.69, 9.17) is 5.11 Å². The Morgan fingerprint density at radius 1 is 1.21 bits per heavy atom. The predicted octanol–water partition coefficient (Wildman–Crippen LogP) is 2.00. The number of benzene rings is 1. The van der Waals surface area contributed by atoms with Gasteiger partial charge >= 0.3 is 5.97 Å². The van der Waals surface area contributed by atoms with Gasteiger partial charge in [-0.3, -0.25) is 4.79 Å². The molecule has 0 saturated heterocycles. The predicted molar refractivity (Wildman–Crippen MR) is 69.1 cm³/mol. The van der Waals surface area contributed by atoms with E-state index >= 15 is 0 Å². The standard InChI is InChI=1S/C13H10N2O3S/c16-12(11-10(13(17)18)5-14-19-11)15-6-8-3-1-2-4-9(8)7-15/h1-5H,6-7H2,(H,17,18). The Labute approximate surface area is 113 Å². The van der Waals surface area contributed by atoms with Gasteiger partial charge in [0.25, 0.3) is 5.91 Å². The first-order valence-corrected chi connectivity index (χ1v) is 6.48. The van der Waals surface area contributed by atoms with Gasteiger partial charge in [-0.2, -0.15) is 4.37 Å². The first-order chi connectivity index (χ1) is 9.16. The van der Waals surface area contributed by atoms with Gasteiger partial charge in [0.05, 0.1) is 6.20 Å². The number of carboxylic acids is 1. The van der Waals surface area contributed by atoms with Crippen molar-refractivity contribution in [2.75, 3.05) is 0 Å². The molecule has 1 aromatic carbocycles. The van der Waals surface area contributed by atoms with Gasteiger partial charge in [-0.15, -0.1) is 0 Å². The van der Waals surface area contributed by atoms with E-state index in [1.807, 2.05) is 24.3 Å². The van der Waals surface area contributed by atoms with Gasteiger partial charge in [0, 0.05) is 13.1 Å². The lowest BCUT2D eigenvalue weighted by molar-refractivity contribution is 0.0677. The highest BCUT2D eigenvalue weighted by molar-refractivity contribution is 7.08. The fraction of sp³-hybridized carbons (Fsp3) is 0.154. The van der Waals surface area contributed by atoms with E-state index in [9.17, 15) is 9.59 Å². The van der Waals surface area contributed by atoms with E-state index in [1.165, 1.54) is 6.20 Å². The number of nitrogens with zero attached hydrogens (tertiary/aromatic N) is 2. The zero-order chi connectivity index (χ0) is 13.4. The number of fused-ring (bicyclic) bond motifs is 1. The smallest absolute Gasteiger partial charge is 0.339 e. The minimum absolute atomic E-state index is 0.0223. The van der Waals surface area contributed by atoms with Crippen LogP contribution >= 0.6 is 11.5 Å². The van der Waals surface area contributed by atoms with Crippen molar-refractivity contribution in [3.63, 3.8) is 0 Å². The Balaban J connectivity index is 1.87. The first-order valence-electron chi connectivity index (χ1n) is 5.71. The van der Waals surface area contributed by atoms with Crippen LogP contribution in [0.1, 0.15) is 31.2 Å². The molecule has 0 fully saturated rings. The summed E-state index contributed by atoms with van der Waals surface area (Å²) in [6.45, 7) is 1.04. The molecule has 0 atom stereocenters. The van der Waals surface area contributed by atoms with Crippen LogP contribution in [-0.4, -0.2) is 26.3 Å². The number of aromatic nitrogens is 1. The highest BCUT2D eigenvalue weighted by Crippen LogP contribution is 2.26. The lowest BCUT2D eigenvalue weighted by Gasteiger charge is -2.14. The zero-order valence-corrected chi connectivity index (χ0v) is 10.7. The molecule has 1 N–H and O–H groups in total. The topological polar surface area (TPSA) is 70.5 Å². The Morgan fingerprint density at radius 2 is 1.84 bits per heavy atom. The molecule has 2 aromatic rings. The molecule has 0 spiro atoms. The Bertz CT molecular complexity index is 640. The normalized spacial score (nSPS) is 13.4. The number of carboxylic acid groups (broad SMARTS) is 1. The lowest BCUT2D eigenvalue weighted by atomic mass is 10.1. The third-order valence-electron chi connectivity index (χ3n) is 3.12. The molecule has 3 rings (SSSR count). The van der Waals surface area contributed by atoms with Crippen molar-refractivity contribution in [3.05, 3.63) is 52.0 Å². The molecule has 0 saturated carbocycles. The first kappa shape index (κ1) is 11.9. The molecule has 1 aromatic heterocycles. The van der Waals surface area contributed by atoms with Crippen LogP contribution in [0.5, 0.6) is 0 Å². The van der Waals surface area contributed by atoms with E-state index in [0.29, 0.717) is 13.1 Å². The summed E-state index contributed by atoms with van der Waals surface area (Å²) in [5.74, 6) is -1.38. The average Bonchev–Trinajstić information content (AvgIpc) is 3.04. The van der Waals surface area contributed by atoms with Crippen molar-refractivity contribution < 1.29 is 14.7 Å². The molecule has 6 heteroatoms. The number of carbonyl (C=O) groups is 2. The fourth-order valence-corrected chi connectivity index (χ4v) is 2.88. The van der Waals surface area contributed by atoms with E-state index in [1.54, 1.807) is 4.90 Å². The summed E-state index contributed by atoms with van der Waals surface area (Å²) >= 11 is 0.930. The van der Waals surface area contributed by atoms with Crippen molar-refractivity contribution in [2.45, 2.75) is 13.1 Å². The van der Waals surface area contributed by atoms with Gasteiger partial charge in [-0.1, -0.05) is 24.3 Å². The van der Waals surface area contributed by atoms with E-state index < -0.39 is 5.97 Å². The van der Waals surface area contributed by atoms with Crippen LogP contribution in [0.4, 0.5) is 0 Å². The minimum atomic E-state index is -1.12. The SMILES string of the molecule is O=C(O)c1cnsc1C(=O)N1Cc2ccccc2C1. The maximum absolute atomic E-state index is 12.3. The average molecular weight is 274 g/mol. The van der Waals surface area contributed by atoms with Gasteiger partial charge in [0.2, 0.25) is 0 Å². The van der Waals surface area contributed by atoms with Crippen molar-refractivity contribution >= 4 is 23.4 Å². The van der Waals surface area contributed by atoms with Gasteiger partial charge in [0.15, 0.2) is 0 Å². The molecule has 2 heterocycles. The molecular weight excluding hydrogens is 264 g/mol. The van der Waals surface area contributed by atoms with Gasteiger partial charge in [-0.25, -0.2) is 4.79 Å². The maximum Gasteiger partial charge on any atom is 0.339 e. The second kappa shape index (κ2) is 4.47. The van der Waals surface area contributed by atoms with Crippen molar-refractivity contribution in [1.29, 1.82) is 0 Å². The molecule has 1 aliphatic heterocycles. The van der Waals surface area contributed by atoms with Crippen LogP contribution in [0.3, 0.4) is 0 Å². The Kier molecular flexibility index (Phi) is 2.79. The van der Waals surface area contributed by atoms with Crippen LogP contribution < -0.4 is 0 Å². The molecule has 1 aliphatic rings. The minimum Gasteiger partial charge on any atom is -0.478 e. The van der Waals surface area contributed by atoms with E-state index in [2.05, 4.69) is 4.37 Å². The monoisotopic (exact) mass is 274 g/mol.